The highest BCUT2D eigenvalue weighted by molar-refractivity contribution is 5.77. The first-order valence-corrected chi connectivity index (χ1v) is 6.98. The molecular formula is C15H17N5. The van der Waals surface area contributed by atoms with Crippen molar-refractivity contribution in [2.45, 2.75) is 12.3 Å². The van der Waals surface area contributed by atoms with Gasteiger partial charge in [0.2, 0.25) is 5.95 Å². The fourth-order valence-electron chi connectivity index (χ4n) is 3.02. The lowest BCUT2D eigenvalue weighted by molar-refractivity contribution is 0.665. The highest BCUT2D eigenvalue weighted by atomic mass is 15.3. The van der Waals surface area contributed by atoms with E-state index in [0.717, 1.165) is 36.5 Å². The van der Waals surface area contributed by atoms with Gasteiger partial charge >= 0.3 is 0 Å². The summed E-state index contributed by atoms with van der Waals surface area (Å²) in [6, 6.07) is 8.17. The van der Waals surface area contributed by atoms with Gasteiger partial charge in [-0.2, -0.15) is 0 Å². The van der Waals surface area contributed by atoms with Gasteiger partial charge in [0.1, 0.15) is 5.82 Å². The monoisotopic (exact) mass is 267 g/mol. The number of aromatic nitrogens is 4. The quantitative estimate of drug-likeness (QED) is 0.775. The SMILES string of the molecule is Cn1ccnc1C1CCN(c2nc3ccccc3[nH]2)C1. The largest absolute Gasteiger partial charge is 0.342 e. The Morgan fingerprint density at radius 1 is 1.30 bits per heavy atom. The number of hydrogen-bond donors (Lipinski definition) is 1. The Balaban J connectivity index is 1.60. The molecule has 1 unspecified atom stereocenters. The molecule has 1 aliphatic rings. The summed E-state index contributed by atoms with van der Waals surface area (Å²) in [6.45, 7) is 2.00. The van der Waals surface area contributed by atoms with Crippen LogP contribution in [0.4, 0.5) is 5.95 Å². The van der Waals surface area contributed by atoms with Gasteiger partial charge in [0.15, 0.2) is 0 Å². The van der Waals surface area contributed by atoms with Crippen LogP contribution in [0.15, 0.2) is 36.7 Å². The summed E-state index contributed by atoms with van der Waals surface area (Å²) < 4.78 is 2.12. The third-order valence-electron chi connectivity index (χ3n) is 4.09. The van der Waals surface area contributed by atoms with E-state index in [0.29, 0.717) is 5.92 Å². The molecule has 0 bridgehead atoms. The molecule has 3 aromatic rings. The van der Waals surface area contributed by atoms with Gasteiger partial charge < -0.3 is 14.5 Å². The van der Waals surface area contributed by atoms with Crippen LogP contribution in [0.5, 0.6) is 0 Å². The molecule has 1 fully saturated rings. The summed E-state index contributed by atoms with van der Waals surface area (Å²) in [5.74, 6) is 2.63. The number of H-pyrrole nitrogens is 1. The Labute approximate surface area is 117 Å². The number of imidazole rings is 2. The van der Waals surface area contributed by atoms with Crippen molar-refractivity contribution in [2.24, 2.45) is 7.05 Å². The Morgan fingerprint density at radius 2 is 2.20 bits per heavy atom. The number of aromatic amines is 1. The van der Waals surface area contributed by atoms with Gasteiger partial charge in [0.05, 0.1) is 11.0 Å². The molecule has 1 N–H and O–H groups in total. The summed E-state index contributed by atoms with van der Waals surface area (Å²) in [6.07, 6.45) is 5.01. The minimum Gasteiger partial charge on any atom is -0.342 e. The van der Waals surface area contributed by atoms with Crippen molar-refractivity contribution in [1.29, 1.82) is 0 Å². The first-order valence-electron chi connectivity index (χ1n) is 6.98. The zero-order valence-corrected chi connectivity index (χ0v) is 11.5. The van der Waals surface area contributed by atoms with Crippen molar-refractivity contribution < 1.29 is 0 Å². The van der Waals surface area contributed by atoms with Crippen LogP contribution in [0.2, 0.25) is 0 Å². The number of nitrogens with zero attached hydrogens (tertiary/aromatic N) is 4. The van der Waals surface area contributed by atoms with Crippen LogP contribution in [0.1, 0.15) is 18.2 Å². The number of para-hydroxylation sites is 2. The normalized spacial score (nSPS) is 19.1. The average molecular weight is 267 g/mol. The van der Waals surface area contributed by atoms with Gasteiger partial charge in [0.25, 0.3) is 0 Å². The number of fused-ring (bicyclic) bond motifs is 1. The van der Waals surface area contributed by atoms with Crippen molar-refractivity contribution in [3.63, 3.8) is 0 Å². The van der Waals surface area contributed by atoms with E-state index in [-0.39, 0.29) is 0 Å². The van der Waals surface area contributed by atoms with E-state index < -0.39 is 0 Å². The van der Waals surface area contributed by atoms with Gasteiger partial charge in [-0.25, -0.2) is 9.97 Å². The van der Waals surface area contributed by atoms with Crippen LogP contribution in [-0.2, 0) is 7.05 Å². The molecule has 1 aromatic carbocycles. The molecule has 0 aliphatic carbocycles. The number of rotatable bonds is 2. The summed E-state index contributed by atoms with van der Waals surface area (Å²) in [4.78, 5) is 14.9. The zero-order chi connectivity index (χ0) is 13.5. The van der Waals surface area contributed by atoms with Crippen LogP contribution in [-0.4, -0.2) is 32.6 Å². The molecule has 0 saturated carbocycles. The van der Waals surface area contributed by atoms with Crippen LogP contribution >= 0.6 is 0 Å². The van der Waals surface area contributed by atoms with Crippen LogP contribution in [0.3, 0.4) is 0 Å². The Hall–Kier alpha value is -2.30. The zero-order valence-electron chi connectivity index (χ0n) is 11.5. The summed E-state index contributed by atoms with van der Waals surface area (Å²) in [5, 5.41) is 0. The third kappa shape index (κ3) is 1.78. The van der Waals surface area contributed by atoms with Gasteiger partial charge in [-0.05, 0) is 18.6 Å². The molecule has 2 aromatic heterocycles. The second kappa shape index (κ2) is 4.37. The predicted octanol–water partition coefficient (Wildman–Crippen LogP) is 2.29. The topological polar surface area (TPSA) is 49.7 Å². The smallest absolute Gasteiger partial charge is 0.203 e. The van der Waals surface area contributed by atoms with Gasteiger partial charge in [0, 0.05) is 38.4 Å². The standard InChI is InChI=1S/C15H17N5/c1-19-9-7-16-14(19)11-6-8-20(10-11)15-17-12-4-2-3-5-13(12)18-15/h2-5,7,9,11H,6,8,10H2,1H3,(H,17,18). The van der Waals surface area contributed by atoms with E-state index in [2.05, 4.69) is 37.5 Å². The number of aryl methyl sites for hydroxylation is 1. The highest BCUT2D eigenvalue weighted by Gasteiger charge is 2.28. The van der Waals surface area contributed by atoms with E-state index in [1.54, 1.807) is 0 Å². The fourth-order valence-corrected chi connectivity index (χ4v) is 3.02. The summed E-state index contributed by atoms with van der Waals surface area (Å²) >= 11 is 0. The summed E-state index contributed by atoms with van der Waals surface area (Å²) in [5.41, 5.74) is 2.13. The fraction of sp³-hybridized carbons (Fsp3) is 0.333. The number of anilines is 1. The maximum Gasteiger partial charge on any atom is 0.203 e. The van der Waals surface area contributed by atoms with Crippen LogP contribution in [0, 0.1) is 0 Å². The van der Waals surface area contributed by atoms with Gasteiger partial charge in [-0.15, -0.1) is 0 Å². The van der Waals surface area contributed by atoms with Gasteiger partial charge in [-0.1, -0.05) is 12.1 Å². The van der Waals surface area contributed by atoms with E-state index in [1.807, 2.05) is 30.6 Å². The van der Waals surface area contributed by atoms with Crippen molar-refractivity contribution in [1.82, 2.24) is 19.5 Å². The lowest BCUT2D eigenvalue weighted by Crippen LogP contribution is -2.21. The van der Waals surface area contributed by atoms with Crippen molar-refractivity contribution >= 4 is 17.0 Å². The van der Waals surface area contributed by atoms with Gasteiger partial charge in [-0.3, -0.25) is 0 Å². The van der Waals surface area contributed by atoms with Crippen LogP contribution in [0.25, 0.3) is 11.0 Å². The molecule has 0 spiro atoms. The predicted molar refractivity (Wildman–Crippen MR) is 78.9 cm³/mol. The van der Waals surface area contributed by atoms with E-state index in [4.69, 9.17) is 0 Å². The molecule has 4 rings (SSSR count). The Morgan fingerprint density at radius 3 is 3.00 bits per heavy atom. The number of hydrogen-bond acceptors (Lipinski definition) is 3. The first kappa shape index (κ1) is 11.5. The molecule has 102 valence electrons. The number of benzene rings is 1. The van der Waals surface area contributed by atoms with Crippen molar-refractivity contribution in [3.8, 4) is 0 Å². The molecule has 5 heteroatoms. The van der Waals surface area contributed by atoms with Crippen molar-refractivity contribution in [2.75, 3.05) is 18.0 Å². The van der Waals surface area contributed by atoms with E-state index in [9.17, 15) is 0 Å². The lowest BCUT2D eigenvalue weighted by atomic mass is 10.1. The second-order valence-electron chi connectivity index (χ2n) is 5.41. The third-order valence-corrected chi connectivity index (χ3v) is 4.09. The van der Waals surface area contributed by atoms with Crippen LogP contribution < -0.4 is 4.90 Å². The second-order valence-corrected chi connectivity index (χ2v) is 5.41. The first-order chi connectivity index (χ1) is 9.81. The molecule has 0 radical (unpaired) electrons. The highest BCUT2D eigenvalue weighted by Crippen LogP contribution is 2.29. The molecule has 1 saturated heterocycles. The molecule has 1 aliphatic heterocycles. The average Bonchev–Trinajstić information content (AvgIpc) is 3.15. The van der Waals surface area contributed by atoms with E-state index in [1.165, 1.54) is 5.82 Å². The Bertz CT molecular complexity index is 708. The minimum atomic E-state index is 0.489. The number of nitrogens with one attached hydrogen (secondary N) is 1. The molecule has 5 nitrogen and oxygen atoms in total. The maximum absolute atomic E-state index is 4.68. The Kier molecular flexibility index (Phi) is 2.52. The molecule has 3 heterocycles. The molecule has 0 amide bonds. The van der Waals surface area contributed by atoms with Crippen molar-refractivity contribution in [3.05, 3.63) is 42.5 Å². The molecular weight excluding hydrogens is 250 g/mol. The summed E-state index contributed by atoms with van der Waals surface area (Å²) in [7, 11) is 2.06. The molecule has 1 atom stereocenters. The minimum absolute atomic E-state index is 0.489. The lowest BCUT2D eigenvalue weighted by Gasteiger charge is -2.14. The molecule has 20 heavy (non-hydrogen) atoms. The van der Waals surface area contributed by atoms with E-state index >= 15 is 0 Å². The maximum atomic E-state index is 4.68.